The average molecular weight is 381 g/mol. The van der Waals surface area contributed by atoms with Crippen molar-refractivity contribution in [3.8, 4) is 0 Å². The quantitative estimate of drug-likeness (QED) is 0.614. The summed E-state index contributed by atoms with van der Waals surface area (Å²) < 4.78 is 0.512. The zero-order valence-electron chi connectivity index (χ0n) is 12.2. The van der Waals surface area contributed by atoms with Crippen LogP contribution in [-0.4, -0.2) is 31.5 Å². The number of aromatic nitrogens is 4. The predicted octanol–water partition coefficient (Wildman–Crippen LogP) is 1.79. The molecule has 10 heteroatoms. The minimum absolute atomic E-state index is 0.0415. The van der Waals surface area contributed by atoms with Crippen LogP contribution >= 0.6 is 15.9 Å². The van der Waals surface area contributed by atoms with Crippen molar-refractivity contribution >= 4 is 33.2 Å². The third kappa shape index (κ3) is 3.07. The molecular weight excluding hydrogens is 368 g/mol. The number of amides is 1. The summed E-state index contributed by atoms with van der Waals surface area (Å²) in [6, 6.07) is 1.84. The number of fused-ring (bicyclic) bond motifs is 1. The minimum Gasteiger partial charge on any atom is -0.320 e. The first-order valence-corrected chi connectivity index (χ1v) is 7.73. The number of carbonyl (C=O) groups is 1. The molecule has 1 aliphatic rings. The number of nitrogens with zero attached hydrogens (tertiary/aromatic N) is 4. The maximum Gasteiger partial charge on any atom is 0.297 e. The summed E-state index contributed by atoms with van der Waals surface area (Å²) in [5, 5.41) is 27.9. The number of benzene rings is 1. The molecule has 1 aromatic carbocycles. The Labute approximate surface area is 139 Å². The highest BCUT2D eigenvalue weighted by Crippen LogP contribution is 2.43. The standard InChI is InChI=1S/C13H13BrN6O3/c1-6(21)15-12-10(14)5-8-2-7(4-11-16-18-19-17-11)3-9(8)13(12)20(22)23/h5,7H,2-4H2,1H3,(H,15,21)(H,16,17,18,19). The van der Waals surface area contributed by atoms with E-state index in [1.54, 1.807) is 0 Å². The summed E-state index contributed by atoms with van der Waals surface area (Å²) in [5.74, 6) is 0.405. The zero-order chi connectivity index (χ0) is 16.6. The number of nitro groups is 1. The van der Waals surface area contributed by atoms with E-state index < -0.39 is 4.92 Å². The lowest BCUT2D eigenvalue weighted by molar-refractivity contribution is -0.384. The van der Waals surface area contributed by atoms with Gasteiger partial charge < -0.3 is 5.32 Å². The molecule has 0 saturated carbocycles. The first-order valence-electron chi connectivity index (χ1n) is 6.94. The molecule has 120 valence electrons. The first-order chi connectivity index (χ1) is 11.0. The number of carbonyl (C=O) groups excluding carboxylic acids is 1. The monoisotopic (exact) mass is 380 g/mol. The Hall–Kier alpha value is -2.36. The van der Waals surface area contributed by atoms with Crippen LogP contribution < -0.4 is 5.32 Å². The summed E-state index contributed by atoms with van der Waals surface area (Å²) in [7, 11) is 0. The van der Waals surface area contributed by atoms with Crippen molar-refractivity contribution in [3.63, 3.8) is 0 Å². The van der Waals surface area contributed by atoms with Crippen molar-refractivity contribution < 1.29 is 9.72 Å². The number of nitrogens with one attached hydrogen (secondary N) is 2. The van der Waals surface area contributed by atoms with Crippen LogP contribution in [0.25, 0.3) is 0 Å². The molecule has 0 aliphatic heterocycles. The van der Waals surface area contributed by atoms with Gasteiger partial charge in [0.05, 0.1) is 4.92 Å². The molecule has 2 aromatic rings. The van der Waals surface area contributed by atoms with Gasteiger partial charge >= 0.3 is 0 Å². The van der Waals surface area contributed by atoms with Crippen LogP contribution in [0, 0.1) is 16.0 Å². The second kappa shape index (κ2) is 6.03. The second-order valence-corrected chi connectivity index (χ2v) is 6.32. The maximum absolute atomic E-state index is 11.5. The van der Waals surface area contributed by atoms with Crippen LogP contribution in [0.2, 0.25) is 0 Å². The van der Waals surface area contributed by atoms with Crippen molar-refractivity contribution in [2.75, 3.05) is 5.32 Å². The van der Waals surface area contributed by atoms with Gasteiger partial charge in [0.15, 0.2) is 5.82 Å². The van der Waals surface area contributed by atoms with E-state index in [2.05, 4.69) is 41.9 Å². The number of anilines is 1. The van der Waals surface area contributed by atoms with Gasteiger partial charge in [0.1, 0.15) is 5.69 Å². The van der Waals surface area contributed by atoms with Gasteiger partial charge in [-0.3, -0.25) is 14.9 Å². The van der Waals surface area contributed by atoms with Crippen LogP contribution in [0.3, 0.4) is 0 Å². The average Bonchev–Trinajstić information content (AvgIpc) is 3.08. The molecule has 0 radical (unpaired) electrons. The molecule has 1 amide bonds. The van der Waals surface area contributed by atoms with E-state index >= 15 is 0 Å². The lowest BCUT2D eigenvalue weighted by atomic mass is 10.0. The van der Waals surface area contributed by atoms with Crippen molar-refractivity contribution in [2.45, 2.75) is 26.2 Å². The third-order valence-corrected chi connectivity index (χ3v) is 4.42. The maximum atomic E-state index is 11.5. The number of hydrogen-bond acceptors (Lipinski definition) is 6. The minimum atomic E-state index is -0.439. The van der Waals surface area contributed by atoms with E-state index in [-0.39, 0.29) is 23.2 Å². The van der Waals surface area contributed by atoms with Gasteiger partial charge in [0.2, 0.25) is 5.91 Å². The Kier molecular flexibility index (Phi) is 4.07. The molecule has 1 aromatic heterocycles. The number of H-pyrrole nitrogens is 1. The number of nitro benzene ring substituents is 1. The van der Waals surface area contributed by atoms with Crippen molar-refractivity contribution in [1.29, 1.82) is 0 Å². The van der Waals surface area contributed by atoms with Gasteiger partial charge in [-0.25, -0.2) is 0 Å². The Balaban J connectivity index is 1.96. The van der Waals surface area contributed by atoms with Crippen molar-refractivity contribution in [3.05, 3.63) is 37.6 Å². The lowest BCUT2D eigenvalue weighted by Gasteiger charge is -2.10. The molecule has 9 nitrogen and oxygen atoms in total. The predicted molar refractivity (Wildman–Crippen MR) is 83.9 cm³/mol. The summed E-state index contributed by atoms with van der Waals surface area (Å²) in [5.41, 5.74) is 1.74. The fourth-order valence-corrected chi connectivity index (χ4v) is 3.54. The third-order valence-electron chi connectivity index (χ3n) is 3.80. The number of tetrazole rings is 1. The Morgan fingerprint density at radius 1 is 1.57 bits per heavy atom. The second-order valence-electron chi connectivity index (χ2n) is 5.46. The van der Waals surface area contributed by atoms with Crippen molar-refractivity contribution in [1.82, 2.24) is 20.6 Å². The van der Waals surface area contributed by atoms with Gasteiger partial charge in [-0.05, 0) is 46.3 Å². The Morgan fingerprint density at radius 3 is 2.96 bits per heavy atom. The zero-order valence-corrected chi connectivity index (χ0v) is 13.8. The topological polar surface area (TPSA) is 127 Å². The van der Waals surface area contributed by atoms with Crippen LogP contribution in [0.15, 0.2) is 10.5 Å². The molecule has 0 fully saturated rings. The van der Waals surface area contributed by atoms with E-state index in [1.165, 1.54) is 6.92 Å². The number of hydrogen-bond donors (Lipinski definition) is 2. The lowest BCUT2D eigenvalue weighted by Crippen LogP contribution is -2.10. The van der Waals surface area contributed by atoms with Crippen LogP contribution in [0.5, 0.6) is 0 Å². The molecule has 0 spiro atoms. The van der Waals surface area contributed by atoms with Crippen molar-refractivity contribution in [2.24, 2.45) is 5.92 Å². The fourth-order valence-electron chi connectivity index (χ4n) is 2.98. The summed E-state index contributed by atoms with van der Waals surface area (Å²) >= 11 is 3.32. The Morgan fingerprint density at radius 2 is 2.35 bits per heavy atom. The molecular formula is C13H13BrN6O3. The molecule has 2 N–H and O–H groups in total. The van der Waals surface area contributed by atoms with Crippen LogP contribution in [0.4, 0.5) is 11.4 Å². The summed E-state index contributed by atoms with van der Waals surface area (Å²) in [4.78, 5) is 22.4. The fraction of sp³-hybridized carbons (Fsp3) is 0.385. The molecule has 1 unspecified atom stereocenters. The van der Waals surface area contributed by atoms with E-state index in [0.717, 1.165) is 5.56 Å². The van der Waals surface area contributed by atoms with E-state index in [4.69, 9.17) is 0 Å². The summed E-state index contributed by atoms with van der Waals surface area (Å²) in [6.45, 7) is 1.32. The first kappa shape index (κ1) is 15.5. The molecule has 1 aliphatic carbocycles. The molecule has 23 heavy (non-hydrogen) atoms. The largest absolute Gasteiger partial charge is 0.320 e. The molecule has 0 bridgehead atoms. The number of halogens is 1. The van der Waals surface area contributed by atoms with Gasteiger partial charge in [-0.1, -0.05) is 5.21 Å². The van der Waals surface area contributed by atoms with Gasteiger partial charge in [0, 0.05) is 23.4 Å². The highest BCUT2D eigenvalue weighted by Gasteiger charge is 2.33. The van der Waals surface area contributed by atoms with Crippen LogP contribution in [-0.2, 0) is 24.1 Å². The van der Waals surface area contributed by atoms with E-state index in [1.807, 2.05) is 6.07 Å². The van der Waals surface area contributed by atoms with Crippen LogP contribution in [0.1, 0.15) is 23.9 Å². The van der Waals surface area contributed by atoms with Gasteiger partial charge in [-0.15, -0.1) is 10.2 Å². The van der Waals surface area contributed by atoms with E-state index in [0.29, 0.717) is 35.1 Å². The molecule has 1 atom stereocenters. The normalized spacial score (nSPS) is 16.2. The SMILES string of the molecule is CC(=O)Nc1c(Br)cc2c(c1[N+](=O)[O-])CC(Cc1nn[nH]n1)C2. The highest BCUT2D eigenvalue weighted by atomic mass is 79.9. The molecule has 1 heterocycles. The smallest absolute Gasteiger partial charge is 0.297 e. The number of rotatable bonds is 4. The summed E-state index contributed by atoms with van der Waals surface area (Å²) in [6.07, 6.45) is 1.83. The Bertz CT molecular complexity index is 777. The molecule has 0 saturated heterocycles. The van der Waals surface area contributed by atoms with Gasteiger partial charge in [0.25, 0.3) is 5.69 Å². The van der Waals surface area contributed by atoms with Gasteiger partial charge in [-0.2, -0.15) is 5.21 Å². The van der Waals surface area contributed by atoms with E-state index in [9.17, 15) is 14.9 Å². The highest BCUT2D eigenvalue weighted by molar-refractivity contribution is 9.10. The molecule has 3 rings (SSSR count). The number of aromatic amines is 1.